The quantitative estimate of drug-likeness (QED) is 0.846. The third-order valence-corrected chi connectivity index (χ3v) is 5.29. The molecule has 2 aromatic carbocycles. The Kier molecular flexibility index (Phi) is 4.39. The molecular weight excluding hydrogens is 315 g/mol. The van der Waals surface area contributed by atoms with Crippen LogP contribution < -0.4 is 10.9 Å². The van der Waals surface area contributed by atoms with Crippen LogP contribution in [0.15, 0.2) is 54.6 Å². The normalized spacial score (nSPS) is 28.9. The Morgan fingerprint density at radius 2 is 1.84 bits per heavy atom. The van der Waals surface area contributed by atoms with Gasteiger partial charge in [0.25, 0.3) is 0 Å². The van der Waals surface area contributed by atoms with Gasteiger partial charge in [0.1, 0.15) is 6.17 Å². The molecule has 0 amide bonds. The second-order valence-electron chi connectivity index (χ2n) is 6.82. The predicted molar refractivity (Wildman–Crippen MR) is 94.9 cm³/mol. The Bertz CT molecular complexity index is 773. The highest BCUT2D eigenvalue weighted by molar-refractivity contribution is 5.64. The number of halogens is 1. The third-order valence-electron chi connectivity index (χ3n) is 5.29. The molecule has 0 bridgehead atoms. The van der Waals surface area contributed by atoms with Crippen LogP contribution in [0.25, 0.3) is 11.1 Å². The number of hydrogen-bond acceptors (Lipinski definition) is 4. The molecule has 4 rings (SSSR count). The average molecular weight is 336 g/mol. The average Bonchev–Trinajstić information content (AvgIpc) is 3.29. The first kappa shape index (κ1) is 16.1. The molecule has 0 spiro atoms. The summed E-state index contributed by atoms with van der Waals surface area (Å²) in [5, 5.41) is 9.01. The first-order valence-corrected chi connectivity index (χ1v) is 8.71. The molecule has 0 saturated carbocycles. The van der Waals surface area contributed by atoms with Crippen LogP contribution in [-0.4, -0.2) is 30.2 Å². The van der Waals surface area contributed by atoms with Gasteiger partial charge in [0, 0.05) is 13.1 Å². The van der Waals surface area contributed by atoms with E-state index in [2.05, 4.69) is 35.2 Å². The largest absolute Gasteiger partial charge is 0.310 e. The van der Waals surface area contributed by atoms with Crippen LogP contribution in [0.2, 0.25) is 0 Å². The van der Waals surface area contributed by atoms with Crippen LogP contribution >= 0.6 is 0 Å². The molecule has 2 aliphatic rings. The number of likely N-dealkylation sites (tertiary alicyclic amines) is 1. The van der Waals surface area contributed by atoms with Crippen molar-refractivity contribution in [2.75, 3.05) is 13.1 Å². The highest BCUT2D eigenvalue weighted by atomic mass is 19.1. The fraction of sp³-hybridized carbons (Fsp3) is 0.350. The lowest BCUT2D eigenvalue weighted by atomic mass is 9.90. The van der Waals surface area contributed by atoms with Crippen molar-refractivity contribution in [3.05, 3.63) is 60.2 Å². The Hall–Kier alpha value is -2.42. The molecule has 0 aliphatic carbocycles. The van der Waals surface area contributed by atoms with Crippen molar-refractivity contribution in [2.24, 2.45) is 5.92 Å². The van der Waals surface area contributed by atoms with Crippen molar-refractivity contribution in [1.82, 2.24) is 15.8 Å². The van der Waals surface area contributed by atoms with E-state index in [1.807, 2.05) is 36.4 Å². The van der Waals surface area contributed by atoms with Crippen molar-refractivity contribution >= 4 is 0 Å². The molecule has 2 aliphatic heterocycles. The summed E-state index contributed by atoms with van der Waals surface area (Å²) in [6.07, 6.45) is 2.00. The van der Waals surface area contributed by atoms with Crippen molar-refractivity contribution in [2.45, 2.75) is 24.7 Å². The number of hydrazine groups is 1. The maximum Gasteiger partial charge on any atom is 0.179 e. The molecule has 4 atom stereocenters. The Labute approximate surface area is 147 Å². The SMILES string of the molecule is N#CN1CC[C@H](C2NNC(c3cccc(-c4ccccc4)c3)C2F)C1. The Morgan fingerprint density at radius 1 is 1.04 bits per heavy atom. The molecule has 25 heavy (non-hydrogen) atoms. The van der Waals surface area contributed by atoms with E-state index in [0.29, 0.717) is 6.54 Å². The lowest BCUT2D eigenvalue weighted by Crippen LogP contribution is -2.39. The standard InChI is InChI=1S/C20H21FN4/c21-18-19(23-24-20(18)17-9-10-25(12-17)13-22)16-8-4-7-15(11-16)14-5-2-1-3-6-14/h1-8,11,17-20,23-24H,9-10,12H2/t17-,18?,19?,20?/m0/s1. The fourth-order valence-corrected chi connectivity index (χ4v) is 3.91. The van der Waals surface area contributed by atoms with E-state index in [9.17, 15) is 0 Å². The van der Waals surface area contributed by atoms with Gasteiger partial charge in [-0.05, 0) is 35.1 Å². The number of hydrogen-bond donors (Lipinski definition) is 2. The van der Waals surface area contributed by atoms with E-state index in [1.165, 1.54) is 0 Å². The van der Waals surface area contributed by atoms with E-state index in [4.69, 9.17) is 5.26 Å². The van der Waals surface area contributed by atoms with Gasteiger partial charge < -0.3 is 4.90 Å². The minimum atomic E-state index is -1.02. The van der Waals surface area contributed by atoms with Crippen LogP contribution in [0.3, 0.4) is 0 Å². The van der Waals surface area contributed by atoms with Crippen LogP contribution in [0, 0.1) is 17.4 Å². The molecule has 2 fully saturated rings. The Morgan fingerprint density at radius 3 is 2.60 bits per heavy atom. The lowest BCUT2D eigenvalue weighted by molar-refractivity contribution is 0.228. The minimum absolute atomic E-state index is 0.157. The zero-order valence-corrected chi connectivity index (χ0v) is 13.9. The van der Waals surface area contributed by atoms with Gasteiger partial charge in [0.05, 0.1) is 12.1 Å². The smallest absolute Gasteiger partial charge is 0.179 e. The van der Waals surface area contributed by atoms with E-state index in [0.717, 1.165) is 29.7 Å². The second kappa shape index (κ2) is 6.83. The summed E-state index contributed by atoms with van der Waals surface area (Å²) in [4.78, 5) is 1.71. The third kappa shape index (κ3) is 3.11. The van der Waals surface area contributed by atoms with Gasteiger partial charge in [-0.2, -0.15) is 5.26 Å². The maximum absolute atomic E-state index is 15.1. The zero-order chi connectivity index (χ0) is 17.2. The molecule has 2 heterocycles. The minimum Gasteiger partial charge on any atom is -0.310 e. The number of nitriles is 1. The van der Waals surface area contributed by atoms with Crippen molar-refractivity contribution in [3.8, 4) is 17.3 Å². The fourth-order valence-electron chi connectivity index (χ4n) is 3.91. The topological polar surface area (TPSA) is 51.1 Å². The van der Waals surface area contributed by atoms with Gasteiger partial charge in [-0.25, -0.2) is 9.82 Å². The monoisotopic (exact) mass is 336 g/mol. The summed E-state index contributed by atoms with van der Waals surface area (Å²) in [6, 6.07) is 17.5. The molecule has 5 heteroatoms. The summed E-state index contributed by atoms with van der Waals surface area (Å²) >= 11 is 0. The van der Waals surface area contributed by atoms with Gasteiger partial charge >= 0.3 is 0 Å². The predicted octanol–water partition coefficient (Wildman–Crippen LogP) is 3.01. The van der Waals surface area contributed by atoms with Gasteiger partial charge in [0.2, 0.25) is 0 Å². The Balaban J connectivity index is 1.52. The number of alkyl halides is 1. The van der Waals surface area contributed by atoms with Gasteiger partial charge in [-0.15, -0.1) is 0 Å². The lowest BCUT2D eigenvalue weighted by Gasteiger charge is -2.21. The van der Waals surface area contributed by atoms with E-state index in [1.54, 1.807) is 4.90 Å². The summed E-state index contributed by atoms with van der Waals surface area (Å²) in [5.74, 6) is 0.157. The summed E-state index contributed by atoms with van der Waals surface area (Å²) in [5.41, 5.74) is 9.44. The van der Waals surface area contributed by atoms with E-state index in [-0.39, 0.29) is 18.0 Å². The van der Waals surface area contributed by atoms with Gasteiger partial charge in [0.15, 0.2) is 6.19 Å². The summed E-state index contributed by atoms with van der Waals surface area (Å²) < 4.78 is 15.1. The van der Waals surface area contributed by atoms with Crippen LogP contribution in [0.4, 0.5) is 4.39 Å². The first-order valence-electron chi connectivity index (χ1n) is 8.71. The van der Waals surface area contributed by atoms with Crippen LogP contribution in [-0.2, 0) is 0 Å². The van der Waals surface area contributed by atoms with Gasteiger partial charge in [-0.1, -0.05) is 48.5 Å². The maximum atomic E-state index is 15.1. The van der Waals surface area contributed by atoms with Crippen molar-refractivity contribution < 1.29 is 4.39 Å². The molecule has 3 unspecified atom stereocenters. The molecule has 2 saturated heterocycles. The highest BCUT2D eigenvalue weighted by Crippen LogP contribution is 2.33. The van der Waals surface area contributed by atoms with Crippen LogP contribution in [0.5, 0.6) is 0 Å². The highest BCUT2D eigenvalue weighted by Gasteiger charge is 2.43. The second-order valence-corrected chi connectivity index (χ2v) is 6.82. The van der Waals surface area contributed by atoms with E-state index < -0.39 is 6.17 Å². The van der Waals surface area contributed by atoms with Gasteiger partial charge in [-0.3, -0.25) is 5.43 Å². The number of benzene rings is 2. The molecule has 128 valence electrons. The molecule has 0 aromatic heterocycles. The molecule has 2 aromatic rings. The number of nitrogens with one attached hydrogen (secondary N) is 2. The molecule has 4 nitrogen and oxygen atoms in total. The molecule has 2 N–H and O–H groups in total. The molecule has 0 radical (unpaired) electrons. The first-order chi connectivity index (χ1) is 12.3. The van der Waals surface area contributed by atoms with Crippen molar-refractivity contribution in [3.63, 3.8) is 0 Å². The molecular formula is C20H21FN4. The summed E-state index contributed by atoms with van der Waals surface area (Å²) in [7, 11) is 0. The summed E-state index contributed by atoms with van der Waals surface area (Å²) in [6.45, 7) is 1.35. The van der Waals surface area contributed by atoms with Crippen LogP contribution in [0.1, 0.15) is 18.0 Å². The number of rotatable bonds is 3. The number of nitrogens with zero attached hydrogens (tertiary/aromatic N) is 2. The van der Waals surface area contributed by atoms with E-state index >= 15 is 4.39 Å². The van der Waals surface area contributed by atoms with Crippen molar-refractivity contribution in [1.29, 1.82) is 5.26 Å². The zero-order valence-electron chi connectivity index (χ0n) is 13.9.